The van der Waals surface area contributed by atoms with Gasteiger partial charge in [-0.1, -0.05) is 53.4 Å². The molecule has 2 aromatic rings. The van der Waals surface area contributed by atoms with E-state index >= 15 is 0 Å². The fraction of sp³-hybridized carbons (Fsp3) is 0.500. The number of sulfone groups is 1. The molecule has 180 valence electrons. The van der Waals surface area contributed by atoms with Crippen LogP contribution in [0, 0.1) is 11.8 Å². The lowest BCUT2D eigenvalue weighted by Gasteiger charge is -2.09. The van der Waals surface area contributed by atoms with Gasteiger partial charge in [-0.15, -0.1) is 0 Å². The number of hydrogen-bond acceptors (Lipinski definition) is 4. The average Bonchev–Trinajstić information content (AvgIpc) is 2.85. The van der Waals surface area contributed by atoms with Gasteiger partial charge in [-0.2, -0.15) is 0 Å². The van der Waals surface area contributed by atoms with Crippen LogP contribution < -0.4 is 0 Å². The van der Waals surface area contributed by atoms with Crippen LogP contribution >= 0.6 is 0 Å². The van der Waals surface area contributed by atoms with Gasteiger partial charge in [0.2, 0.25) is 9.84 Å². The van der Waals surface area contributed by atoms with Crippen molar-refractivity contribution >= 4 is 33.6 Å². The molecule has 0 amide bonds. The molecule has 2 rings (SSSR count). The van der Waals surface area contributed by atoms with Gasteiger partial charge in [0.05, 0.1) is 21.2 Å². The minimum Gasteiger partial charge on any atom is -0.261 e. The first-order valence-electron chi connectivity index (χ1n) is 12.5. The van der Waals surface area contributed by atoms with Gasteiger partial charge in [-0.05, 0) is 86.1 Å². The third-order valence-corrected chi connectivity index (χ3v) is 7.85. The molecule has 0 saturated heterocycles. The quantitative estimate of drug-likeness (QED) is 0.261. The van der Waals surface area contributed by atoms with Gasteiger partial charge in [-0.3, -0.25) is 9.98 Å². The lowest BCUT2D eigenvalue weighted by molar-refractivity contribution is 0.576. The standard InChI is InChI=1S/C28H40N2O2S/c1-5-9-11-23(7-3)21-29-25-13-17-27(18-14-25)33(31,32)28-19-15-26(16-20-28)30-22-24(8-4)12-10-6-2/h13-24H,5-12H2,1-4H3/b29-21+,30-22+. The van der Waals surface area contributed by atoms with Gasteiger partial charge in [0, 0.05) is 12.4 Å². The first-order chi connectivity index (χ1) is 15.9. The number of benzene rings is 2. The number of aliphatic imine (C=N–C) groups is 2. The normalized spacial score (nSPS) is 14.2. The maximum absolute atomic E-state index is 13.0. The minimum absolute atomic E-state index is 0.279. The van der Waals surface area contributed by atoms with Gasteiger partial charge in [0.25, 0.3) is 0 Å². The lowest BCUT2D eigenvalue weighted by atomic mass is 10.0. The van der Waals surface area contributed by atoms with Crippen LogP contribution in [0.5, 0.6) is 0 Å². The van der Waals surface area contributed by atoms with Crippen LogP contribution in [-0.2, 0) is 9.84 Å². The Bertz CT molecular complexity index is 902. The molecule has 33 heavy (non-hydrogen) atoms. The third-order valence-electron chi connectivity index (χ3n) is 6.07. The highest BCUT2D eigenvalue weighted by Crippen LogP contribution is 2.25. The van der Waals surface area contributed by atoms with Gasteiger partial charge in [-0.25, -0.2) is 8.42 Å². The van der Waals surface area contributed by atoms with E-state index in [9.17, 15) is 8.42 Å². The molecule has 5 heteroatoms. The predicted molar refractivity (Wildman–Crippen MR) is 141 cm³/mol. The second kappa shape index (κ2) is 14.1. The Kier molecular flexibility index (Phi) is 11.5. The van der Waals surface area contributed by atoms with Crippen LogP contribution in [0.3, 0.4) is 0 Å². The third kappa shape index (κ3) is 8.54. The lowest BCUT2D eigenvalue weighted by Crippen LogP contribution is -2.02. The maximum atomic E-state index is 13.0. The number of unbranched alkanes of at least 4 members (excludes halogenated alkanes) is 2. The van der Waals surface area contributed by atoms with Crippen molar-refractivity contribution in [1.29, 1.82) is 0 Å². The molecule has 0 aliphatic heterocycles. The van der Waals surface area contributed by atoms with Crippen LogP contribution in [0.25, 0.3) is 0 Å². The second-order valence-corrected chi connectivity index (χ2v) is 10.6. The van der Waals surface area contributed by atoms with Crippen molar-refractivity contribution in [3.63, 3.8) is 0 Å². The summed E-state index contributed by atoms with van der Waals surface area (Å²) in [6, 6.07) is 13.7. The summed E-state index contributed by atoms with van der Waals surface area (Å²) in [5, 5.41) is 0. The molecule has 0 saturated carbocycles. The topological polar surface area (TPSA) is 58.9 Å². The first-order valence-corrected chi connectivity index (χ1v) is 14.0. The van der Waals surface area contributed by atoms with Crippen molar-refractivity contribution in [3.05, 3.63) is 48.5 Å². The van der Waals surface area contributed by atoms with E-state index in [0.717, 1.165) is 37.1 Å². The molecule has 2 aromatic carbocycles. The fourth-order valence-electron chi connectivity index (χ4n) is 3.64. The van der Waals surface area contributed by atoms with E-state index in [1.165, 1.54) is 25.7 Å². The average molecular weight is 469 g/mol. The molecule has 0 aliphatic rings. The van der Waals surface area contributed by atoms with E-state index in [-0.39, 0.29) is 9.79 Å². The Morgan fingerprint density at radius 1 is 0.667 bits per heavy atom. The van der Waals surface area contributed by atoms with Crippen molar-refractivity contribution in [2.75, 3.05) is 0 Å². The van der Waals surface area contributed by atoms with Crippen molar-refractivity contribution in [2.24, 2.45) is 21.8 Å². The number of hydrogen-bond donors (Lipinski definition) is 0. The van der Waals surface area contributed by atoms with Crippen molar-refractivity contribution in [1.82, 2.24) is 0 Å². The highest BCUT2D eigenvalue weighted by Gasteiger charge is 2.17. The van der Waals surface area contributed by atoms with Crippen LogP contribution in [0.15, 0.2) is 68.3 Å². The molecule has 0 aromatic heterocycles. The van der Waals surface area contributed by atoms with Crippen LogP contribution in [-0.4, -0.2) is 20.8 Å². The van der Waals surface area contributed by atoms with Crippen molar-refractivity contribution in [3.8, 4) is 0 Å². The van der Waals surface area contributed by atoms with E-state index in [1.807, 2.05) is 12.4 Å². The van der Waals surface area contributed by atoms with Gasteiger partial charge in [0.15, 0.2) is 0 Å². The molecule has 4 nitrogen and oxygen atoms in total. The van der Waals surface area contributed by atoms with Crippen molar-refractivity contribution < 1.29 is 8.42 Å². The molecule has 0 heterocycles. The molecule has 0 spiro atoms. The summed E-state index contributed by atoms with van der Waals surface area (Å²) in [6.45, 7) is 8.74. The predicted octanol–water partition coefficient (Wildman–Crippen LogP) is 8.36. The Balaban J connectivity index is 2.08. The Hall–Kier alpha value is -2.27. The summed E-state index contributed by atoms with van der Waals surface area (Å²) in [6.07, 6.45) is 13.2. The summed E-state index contributed by atoms with van der Waals surface area (Å²) in [5.74, 6) is 0.933. The first kappa shape index (κ1) is 27.0. The minimum atomic E-state index is -3.57. The van der Waals surface area contributed by atoms with Crippen LogP contribution in [0.1, 0.15) is 79.1 Å². The largest absolute Gasteiger partial charge is 0.261 e. The van der Waals surface area contributed by atoms with Gasteiger partial charge in [0.1, 0.15) is 0 Å². The Morgan fingerprint density at radius 3 is 1.33 bits per heavy atom. The zero-order chi connectivity index (χ0) is 24.1. The fourth-order valence-corrected chi connectivity index (χ4v) is 4.90. The molecule has 2 atom stereocenters. The smallest absolute Gasteiger partial charge is 0.206 e. The molecule has 0 aliphatic carbocycles. The van der Waals surface area contributed by atoms with Crippen LogP contribution in [0.4, 0.5) is 11.4 Å². The number of nitrogens with zero attached hydrogens (tertiary/aromatic N) is 2. The zero-order valence-corrected chi connectivity index (χ0v) is 21.5. The monoisotopic (exact) mass is 468 g/mol. The zero-order valence-electron chi connectivity index (χ0n) is 20.7. The summed E-state index contributed by atoms with van der Waals surface area (Å²) in [5.41, 5.74) is 1.56. The molecule has 0 fully saturated rings. The van der Waals surface area contributed by atoms with E-state index in [1.54, 1.807) is 48.5 Å². The molecule has 0 bridgehead atoms. The maximum Gasteiger partial charge on any atom is 0.206 e. The highest BCUT2D eigenvalue weighted by molar-refractivity contribution is 7.91. The van der Waals surface area contributed by atoms with E-state index in [4.69, 9.17) is 0 Å². The summed E-state index contributed by atoms with van der Waals surface area (Å²) >= 11 is 0. The van der Waals surface area contributed by atoms with Crippen LogP contribution in [0.2, 0.25) is 0 Å². The highest BCUT2D eigenvalue weighted by atomic mass is 32.2. The van der Waals surface area contributed by atoms with Gasteiger partial charge < -0.3 is 0 Å². The van der Waals surface area contributed by atoms with E-state index < -0.39 is 9.84 Å². The molecule has 2 unspecified atom stereocenters. The second-order valence-electron chi connectivity index (χ2n) is 8.67. The Labute approximate surface area is 201 Å². The van der Waals surface area contributed by atoms with E-state index in [0.29, 0.717) is 11.8 Å². The molecular formula is C28H40N2O2S. The summed E-state index contributed by atoms with van der Waals surface area (Å²) < 4.78 is 26.1. The Morgan fingerprint density at radius 2 is 1.03 bits per heavy atom. The van der Waals surface area contributed by atoms with Crippen molar-refractivity contribution in [2.45, 2.75) is 88.9 Å². The number of rotatable bonds is 14. The molecular weight excluding hydrogens is 428 g/mol. The van der Waals surface area contributed by atoms with E-state index in [2.05, 4.69) is 37.7 Å². The molecule has 0 radical (unpaired) electrons. The SMILES string of the molecule is CCCCC(/C=N/c1ccc(S(=O)(=O)c2ccc(/N=C/C(CC)CCCC)cc2)cc1)CC. The summed E-state index contributed by atoms with van der Waals surface area (Å²) in [4.78, 5) is 9.68. The molecule has 0 N–H and O–H groups in total. The van der Waals surface area contributed by atoms with Gasteiger partial charge >= 0.3 is 0 Å². The summed E-state index contributed by atoms with van der Waals surface area (Å²) in [7, 11) is -3.57.